The van der Waals surface area contributed by atoms with Crippen LogP contribution < -0.4 is 5.32 Å². The van der Waals surface area contributed by atoms with Crippen molar-refractivity contribution in [1.82, 2.24) is 5.32 Å². The molecule has 0 radical (unpaired) electrons. The lowest BCUT2D eigenvalue weighted by molar-refractivity contribution is 0.0189. The molecule has 0 aliphatic heterocycles. The number of rotatable bonds is 3. The van der Waals surface area contributed by atoms with Crippen LogP contribution in [0.15, 0.2) is 47.3 Å². The predicted molar refractivity (Wildman–Crippen MR) is 74.3 cm³/mol. The van der Waals surface area contributed by atoms with Crippen LogP contribution in [0, 0.1) is 0 Å². The summed E-state index contributed by atoms with van der Waals surface area (Å²) >= 11 is 0. The van der Waals surface area contributed by atoms with Crippen molar-refractivity contribution >= 4 is 5.91 Å². The highest BCUT2D eigenvalue weighted by Crippen LogP contribution is 2.34. The lowest BCUT2D eigenvalue weighted by Gasteiger charge is -2.34. The standard InChI is InChI=1S/C16H17NO3/c18-15(13-7-9-20-10-13)17-11-16(19)8-3-5-12-4-1-2-6-14(12)16/h1-2,4,6-7,9-10,19H,3,5,8,11H2,(H,17,18). The highest BCUT2D eigenvalue weighted by atomic mass is 16.3. The van der Waals surface area contributed by atoms with Crippen molar-refractivity contribution in [2.24, 2.45) is 0 Å². The van der Waals surface area contributed by atoms with Crippen LogP contribution in [-0.4, -0.2) is 17.6 Å². The fourth-order valence-electron chi connectivity index (χ4n) is 2.80. The van der Waals surface area contributed by atoms with E-state index in [0.29, 0.717) is 12.0 Å². The zero-order chi connectivity index (χ0) is 14.0. The lowest BCUT2D eigenvalue weighted by atomic mass is 9.79. The van der Waals surface area contributed by atoms with Gasteiger partial charge in [0.05, 0.1) is 18.4 Å². The largest absolute Gasteiger partial charge is 0.472 e. The normalized spacial score (nSPS) is 21.2. The molecule has 3 rings (SSSR count). The number of nitrogens with one attached hydrogen (secondary N) is 1. The lowest BCUT2D eigenvalue weighted by Crippen LogP contribution is -2.42. The molecule has 104 valence electrons. The van der Waals surface area contributed by atoms with E-state index >= 15 is 0 Å². The minimum Gasteiger partial charge on any atom is -0.472 e. The van der Waals surface area contributed by atoms with Gasteiger partial charge in [-0.15, -0.1) is 0 Å². The zero-order valence-corrected chi connectivity index (χ0v) is 11.1. The monoisotopic (exact) mass is 271 g/mol. The van der Waals surface area contributed by atoms with Gasteiger partial charge in [-0.25, -0.2) is 0 Å². The third-order valence-electron chi connectivity index (χ3n) is 3.88. The van der Waals surface area contributed by atoms with E-state index in [1.54, 1.807) is 6.07 Å². The van der Waals surface area contributed by atoms with Crippen LogP contribution in [0.3, 0.4) is 0 Å². The van der Waals surface area contributed by atoms with E-state index in [-0.39, 0.29) is 12.5 Å². The van der Waals surface area contributed by atoms with Crippen molar-refractivity contribution in [2.45, 2.75) is 24.9 Å². The van der Waals surface area contributed by atoms with Crippen LogP contribution in [0.25, 0.3) is 0 Å². The Hall–Kier alpha value is -2.07. The van der Waals surface area contributed by atoms with Crippen molar-refractivity contribution < 1.29 is 14.3 Å². The summed E-state index contributed by atoms with van der Waals surface area (Å²) in [5.74, 6) is -0.227. The van der Waals surface area contributed by atoms with Crippen LogP contribution in [0.4, 0.5) is 0 Å². The maximum Gasteiger partial charge on any atom is 0.254 e. The van der Waals surface area contributed by atoms with Crippen molar-refractivity contribution in [1.29, 1.82) is 0 Å². The van der Waals surface area contributed by atoms with Gasteiger partial charge in [-0.2, -0.15) is 0 Å². The Morgan fingerprint density at radius 1 is 1.35 bits per heavy atom. The average molecular weight is 271 g/mol. The number of carbonyl (C=O) groups is 1. The van der Waals surface area contributed by atoms with E-state index in [9.17, 15) is 9.90 Å². The summed E-state index contributed by atoms with van der Waals surface area (Å²) in [5.41, 5.74) is 1.59. The summed E-state index contributed by atoms with van der Waals surface area (Å²) < 4.78 is 4.89. The van der Waals surface area contributed by atoms with Gasteiger partial charge in [-0.1, -0.05) is 24.3 Å². The van der Waals surface area contributed by atoms with Gasteiger partial charge >= 0.3 is 0 Å². The second-order valence-electron chi connectivity index (χ2n) is 5.24. The maximum absolute atomic E-state index is 11.9. The van der Waals surface area contributed by atoms with Crippen LogP contribution in [0.5, 0.6) is 0 Å². The number of hydrogen-bond donors (Lipinski definition) is 2. The molecule has 1 amide bonds. The van der Waals surface area contributed by atoms with Gasteiger partial charge in [0, 0.05) is 0 Å². The molecular weight excluding hydrogens is 254 g/mol. The second kappa shape index (κ2) is 5.13. The molecule has 20 heavy (non-hydrogen) atoms. The first kappa shape index (κ1) is 12.9. The first-order valence-electron chi connectivity index (χ1n) is 6.80. The third-order valence-corrected chi connectivity index (χ3v) is 3.88. The summed E-state index contributed by atoms with van der Waals surface area (Å²) in [6, 6.07) is 9.49. The summed E-state index contributed by atoms with van der Waals surface area (Å²) in [4.78, 5) is 11.9. The molecule has 0 bridgehead atoms. The molecule has 1 aliphatic carbocycles. The highest BCUT2D eigenvalue weighted by molar-refractivity contribution is 5.93. The SMILES string of the molecule is O=C(NCC1(O)CCCc2ccccc21)c1ccoc1. The molecule has 0 saturated heterocycles. The van der Waals surface area contributed by atoms with Gasteiger partial charge in [0.2, 0.25) is 0 Å². The van der Waals surface area contributed by atoms with Gasteiger partial charge in [-0.05, 0) is 36.5 Å². The van der Waals surface area contributed by atoms with Crippen molar-refractivity contribution in [3.8, 4) is 0 Å². The molecule has 0 spiro atoms. The van der Waals surface area contributed by atoms with Crippen molar-refractivity contribution in [2.75, 3.05) is 6.54 Å². The molecule has 1 atom stereocenters. The van der Waals surface area contributed by atoms with E-state index in [2.05, 4.69) is 5.32 Å². The number of furan rings is 1. The summed E-state index contributed by atoms with van der Waals surface area (Å²) in [5, 5.41) is 13.6. The second-order valence-corrected chi connectivity index (χ2v) is 5.24. The number of aryl methyl sites for hydroxylation is 1. The highest BCUT2D eigenvalue weighted by Gasteiger charge is 2.34. The Bertz CT molecular complexity index is 606. The fraction of sp³-hybridized carbons (Fsp3) is 0.312. The summed E-state index contributed by atoms with van der Waals surface area (Å²) in [7, 11) is 0. The Balaban J connectivity index is 1.76. The first-order chi connectivity index (χ1) is 9.69. The Kier molecular flexibility index (Phi) is 3.32. The van der Waals surface area contributed by atoms with E-state index in [0.717, 1.165) is 18.4 Å². The average Bonchev–Trinajstić information content (AvgIpc) is 3.00. The molecule has 2 aromatic rings. The molecule has 4 nitrogen and oxygen atoms in total. The minimum absolute atomic E-state index is 0.216. The van der Waals surface area contributed by atoms with Crippen LogP contribution in [-0.2, 0) is 12.0 Å². The van der Waals surface area contributed by atoms with Gasteiger partial charge in [0.15, 0.2) is 0 Å². The molecule has 0 fully saturated rings. The van der Waals surface area contributed by atoms with Gasteiger partial charge in [0.1, 0.15) is 11.9 Å². The Morgan fingerprint density at radius 2 is 2.20 bits per heavy atom. The van der Waals surface area contributed by atoms with Crippen molar-refractivity contribution in [3.05, 3.63) is 59.5 Å². The maximum atomic E-state index is 11.9. The molecule has 1 aliphatic rings. The number of carbonyl (C=O) groups excluding carboxylic acids is 1. The van der Waals surface area contributed by atoms with E-state index < -0.39 is 5.60 Å². The number of hydrogen-bond acceptors (Lipinski definition) is 3. The van der Waals surface area contributed by atoms with Crippen LogP contribution in [0.2, 0.25) is 0 Å². The van der Waals surface area contributed by atoms with Gasteiger partial charge in [-0.3, -0.25) is 4.79 Å². The van der Waals surface area contributed by atoms with Crippen LogP contribution in [0.1, 0.15) is 34.3 Å². The number of aliphatic hydroxyl groups is 1. The predicted octanol–water partition coefficient (Wildman–Crippen LogP) is 2.23. The Labute approximate surface area is 117 Å². The first-order valence-corrected chi connectivity index (χ1v) is 6.80. The van der Waals surface area contributed by atoms with Gasteiger partial charge < -0.3 is 14.8 Å². The molecule has 1 unspecified atom stereocenters. The fourth-order valence-corrected chi connectivity index (χ4v) is 2.80. The number of fused-ring (bicyclic) bond motifs is 1. The molecule has 0 saturated carbocycles. The molecule has 1 aromatic carbocycles. The quantitative estimate of drug-likeness (QED) is 0.900. The molecule has 1 aromatic heterocycles. The smallest absolute Gasteiger partial charge is 0.254 e. The number of benzene rings is 1. The zero-order valence-electron chi connectivity index (χ0n) is 11.1. The van der Waals surface area contributed by atoms with E-state index in [4.69, 9.17) is 4.42 Å². The molecule has 2 N–H and O–H groups in total. The summed E-state index contributed by atoms with van der Waals surface area (Å²) in [6.45, 7) is 0.216. The van der Waals surface area contributed by atoms with Crippen molar-refractivity contribution in [3.63, 3.8) is 0 Å². The van der Waals surface area contributed by atoms with E-state index in [1.807, 2.05) is 24.3 Å². The van der Waals surface area contributed by atoms with Gasteiger partial charge in [0.25, 0.3) is 5.91 Å². The molecule has 1 heterocycles. The minimum atomic E-state index is -0.978. The van der Waals surface area contributed by atoms with Crippen LogP contribution >= 0.6 is 0 Å². The molecule has 4 heteroatoms. The third kappa shape index (κ3) is 2.34. The Morgan fingerprint density at radius 3 is 3.00 bits per heavy atom. The number of amides is 1. The topological polar surface area (TPSA) is 62.5 Å². The van der Waals surface area contributed by atoms with E-state index in [1.165, 1.54) is 18.1 Å². The molecular formula is C16H17NO3. The summed E-state index contributed by atoms with van der Waals surface area (Å²) in [6.07, 6.45) is 5.42.